The Bertz CT molecular complexity index is 406. The highest BCUT2D eigenvalue weighted by Crippen LogP contribution is 2.27. The Morgan fingerprint density at radius 2 is 2.00 bits per heavy atom. The minimum atomic E-state index is -3.08. The van der Waals surface area contributed by atoms with E-state index in [4.69, 9.17) is 4.74 Å². The molecule has 6 heteroatoms. The van der Waals surface area contributed by atoms with Gasteiger partial charge in [-0.2, -0.15) is 0 Å². The van der Waals surface area contributed by atoms with Gasteiger partial charge in [0.15, 0.2) is 0 Å². The van der Waals surface area contributed by atoms with Gasteiger partial charge >= 0.3 is 0 Å². The standard InChI is InChI=1S/C12H23NO4S/c1-8-6-10(3)17-11(8)12(14)13(4)9(2)7-18(5,15)16/h8-11H,6-7H2,1-5H3. The SMILES string of the molecule is CC1CC(C)C(C(=O)N(C)C(C)CS(C)(=O)=O)O1. The second-order valence-corrected chi connectivity index (χ2v) is 7.66. The number of hydrogen-bond acceptors (Lipinski definition) is 4. The summed E-state index contributed by atoms with van der Waals surface area (Å²) in [6.45, 7) is 5.67. The van der Waals surface area contributed by atoms with Crippen LogP contribution in [0, 0.1) is 5.92 Å². The van der Waals surface area contributed by atoms with Gasteiger partial charge in [0.25, 0.3) is 5.91 Å². The van der Waals surface area contributed by atoms with Crippen LogP contribution < -0.4 is 0 Å². The van der Waals surface area contributed by atoms with Crippen LogP contribution in [-0.4, -0.2) is 56.5 Å². The molecule has 0 aliphatic carbocycles. The van der Waals surface area contributed by atoms with Gasteiger partial charge in [-0.25, -0.2) is 8.42 Å². The van der Waals surface area contributed by atoms with Gasteiger partial charge in [0.05, 0.1) is 11.9 Å². The summed E-state index contributed by atoms with van der Waals surface area (Å²) in [6, 6.07) is -0.334. The van der Waals surface area contributed by atoms with E-state index >= 15 is 0 Å². The number of ether oxygens (including phenoxy) is 1. The fraction of sp³-hybridized carbons (Fsp3) is 0.917. The highest BCUT2D eigenvalue weighted by Gasteiger charge is 2.37. The van der Waals surface area contributed by atoms with Crippen molar-refractivity contribution in [2.75, 3.05) is 19.1 Å². The van der Waals surface area contributed by atoms with Crippen molar-refractivity contribution in [3.8, 4) is 0 Å². The van der Waals surface area contributed by atoms with Gasteiger partial charge in [0.1, 0.15) is 15.9 Å². The molecule has 0 aromatic rings. The van der Waals surface area contributed by atoms with Crippen molar-refractivity contribution in [3.05, 3.63) is 0 Å². The van der Waals surface area contributed by atoms with Gasteiger partial charge in [-0.15, -0.1) is 0 Å². The van der Waals surface area contributed by atoms with Crippen LogP contribution in [0.1, 0.15) is 27.2 Å². The molecule has 106 valence electrons. The van der Waals surface area contributed by atoms with Gasteiger partial charge in [0.2, 0.25) is 0 Å². The molecule has 1 fully saturated rings. The molecule has 0 N–H and O–H groups in total. The minimum Gasteiger partial charge on any atom is -0.365 e. The molecule has 1 aliphatic rings. The molecule has 4 unspecified atom stereocenters. The van der Waals surface area contributed by atoms with E-state index in [1.807, 2.05) is 13.8 Å². The van der Waals surface area contributed by atoms with Crippen molar-refractivity contribution in [2.45, 2.75) is 45.4 Å². The average molecular weight is 277 g/mol. The molecule has 1 saturated heterocycles. The first-order chi connectivity index (χ1) is 8.11. The Hall–Kier alpha value is -0.620. The van der Waals surface area contributed by atoms with Crippen molar-refractivity contribution < 1.29 is 17.9 Å². The predicted octanol–water partition coefficient (Wildman–Crippen LogP) is 0.691. The first-order valence-electron chi connectivity index (χ1n) is 6.21. The molecule has 1 heterocycles. The summed E-state index contributed by atoms with van der Waals surface area (Å²) in [5.41, 5.74) is 0. The number of rotatable bonds is 4. The van der Waals surface area contributed by atoms with Crippen LogP contribution in [0.15, 0.2) is 0 Å². The van der Waals surface area contributed by atoms with E-state index in [2.05, 4.69) is 0 Å². The van der Waals surface area contributed by atoms with Gasteiger partial charge in [0, 0.05) is 19.3 Å². The van der Waals surface area contributed by atoms with Crippen LogP contribution in [0.5, 0.6) is 0 Å². The summed E-state index contributed by atoms with van der Waals surface area (Å²) in [4.78, 5) is 13.7. The lowest BCUT2D eigenvalue weighted by Gasteiger charge is -2.28. The van der Waals surface area contributed by atoms with Crippen molar-refractivity contribution in [1.82, 2.24) is 4.90 Å². The van der Waals surface area contributed by atoms with E-state index < -0.39 is 15.9 Å². The third-order valence-electron chi connectivity index (χ3n) is 3.40. The number of sulfone groups is 1. The zero-order valence-corrected chi connectivity index (χ0v) is 12.5. The van der Waals surface area contributed by atoms with Crippen LogP contribution in [0.2, 0.25) is 0 Å². The zero-order chi connectivity index (χ0) is 14.1. The smallest absolute Gasteiger partial charge is 0.252 e. The van der Waals surface area contributed by atoms with E-state index in [0.29, 0.717) is 0 Å². The molecule has 0 saturated carbocycles. The minimum absolute atomic E-state index is 0.0219. The molecule has 0 spiro atoms. The number of nitrogens with zero attached hydrogens (tertiary/aromatic N) is 1. The number of hydrogen-bond donors (Lipinski definition) is 0. The molecule has 1 rings (SSSR count). The van der Waals surface area contributed by atoms with E-state index in [1.54, 1.807) is 14.0 Å². The zero-order valence-electron chi connectivity index (χ0n) is 11.7. The quantitative estimate of drug-likeness (QED) is 0.758. The lowest BCUT2D eigenvalue weighted by molar-refractivity contribution is -0.144. The van der Waals surface area contributed by atoms with Gasteiger partial charge in [-0.3, -0.25) is 4.79 Å². The van der Waals surface area contributed by atoms with Gasteiger partial charge in [-0.05, 0) is 26.2 Å². The first-order valence-corrected chi connectivity index (χ1v) is 8.27. The molecule has 18 heavy (non-hydrogen) atoms. The number of carbonyl (C=O) groups excluding carboxylic acids is 1. The monoisotopic (exact) mass is 277 g/mol. The van der Waals surface area contributed by atoms with Crippen LogP contribution in [-0.2, 0) is 19.4 Å². The maximum absolute atomic E-state index is 12.2. The van der Waals surface area contributed by atoms with E-state index in [0.717, 1.165) is 6.42 Å². The average Bonchev–Trinajstić information content (AvgIpc) is 2.53. The normalized spacial score (nSPS) is 30.2. The molecule has 0 radical (unpaired) electrons. The van der Waals surface area contributed by atoms with Crippen LogP contribution in [0.3, 0.4) is 0 Å². The summed E-state index contributed by atoms with van der Waals surface area (Å²) in [5, 5.41) is 0. The molecule has 1 amide bonds. The second-order valence-electron chi connectivity index (χ2n) is 5.47. The molecule has 0 bridgehead atoms. The van der Waals surface area contributed by atoms with E-state index in [9.17, 15) is 13.2 Å². The summed E-state index contributed by atoms with van der Waals surface area (Å²) in [7, 11) is -1.45. The predicted molar refractivity (Wildman–Crippen MR) is 70.1 cm³/mol. The van der Waals surface area contributed by atoms with E-state index in [-0.39, 0.29) is 29.7 Å². The van der Waals surface area contributed by atoms with Crippen LogP contribution in [0.25, 0.3) is 0 Å². The maximum Gasteiger partial charge on any atom is 0.252 e. The largest absolute Gasteiger partial charge is 0.365 e. The molecule has 0 aromatic carbocycles. The summed E-state index contributed by atoms with van der Waals surface area (Å²) >= 11 is 0. The van der Waals surface area contributed by atoms with Gasteiger partial charge < -0.3 is 9.64 Å². The highest BCUT2D eigenvalue weighted by atomic mass is 32.2. The van der Waals surface area contributed by atoms with Crippen LogP contribution in [0.4, 0.5) is 0 Å². The highest BCUT2D eigenvalue weighted by molar-refractivity contribution is 7.90. The van der Waals surface area contributed by atoms with Crippen molar-refractivity contribution in [3.63, 3.8) is 0 Å². The van der Waals surface area contributed by atoms with Crippen LogP contribution >= 0.6 is 0 Å². The molecule has 5 nitrogen and oxygen atoms in total. The Balaban J connectivity index is 2.66. The Morgan fingerprint density at radius 1 is 1.44 bits per heavy atom. The fourth-order valence-corrected chi connectivity index (χ4v) is 3.46. The van der Waals surface area contributed by atoms with Crippen molar-refractivity contribution in [1.29, 1.82) is 0 Å². The summed E-state index contributed by atoms with van der Waals surface area (Å²) < 4.78 is 28.1. The topological polar surface area (TPSA) is 63.7 Å². The molecule has 0 aromatic heterocycles. The molecule has 4 atom stereocenters. The second kappa shape index (κ2) is 5.57. The maximum atomic E-state index is 12.2. The molecular formula is C12H23NO4S. The Kier molecular flexibility index (Phi) is 4.78. The summed E-state index contributed by atoms with van der Waals surface area (Å²) in [6.07, 6.45) is 1.70. The van der Waals surface area contributed by atoms with Gasteiger partial charge in [-0.1, -0.05) is 6.92 Å². The lowest BCUT2D eigenvalue weighted by atomic mass is 10.0. The van der Waals surface area contributed by atoms with Crippen molar-refractivity contribution in [2.24, 2.45) is 5.92 Å². The lowest BCUT2D eigenvalue weighted by Crippen LogP contribution is -2.45. The number of carbonyl (C=O) groups is 1. The number of likely N-dealkylation sites (N-methyl/N-ethyl adjacent to an activating group) is 1. The third kappa shape index (κ3) is 3.95. The Labute approximate surface area is 109 Å². The summed E-state index contributed by atoms with van der Waals surface area (Å²) in [5.74, 6) is 0.0368. The molecular weight excluding hydrogens is 254 g/mol. The molecule has 1 aliphatic heterocycles. The number of amides is 1. The third-order valence-corrected chi connectivity index (χ3v) is 4.48. The Morgan fingerprint density at radius 3 is 2.39 bits per heavy atom. The fourth-order valence-electron chi connectivity index (χ4n) is 2.36. The first kappa shape index (κ1) is 15.4. The van der Waals surface area contributed by atoms with Crippen molar-refractivity contribution >= 4 is 15.7 Å². The van der Waals surface area contributed by atoms with E-state index in [1.165, 1.54) is 11.2 Å².